The minimum absolute atomic E-state index is 0.276. The van der Waals surface area contributed by atoms with E-state index in [-0.39, 0.29) is 11.6 Å². The van der Waals surface area contributed by atoms with E-state index < -0.39 is 0 Å². The second kappa shape index (κ2) is 7.32. The zero-order valence-corrected chi connectivity index (χ0v) is 14.6. The quantitative estimate of drug-likeness (QED) is 0.711. The van der Waals surface area contributed by atoms with Gasteiger partial charge in [0, 0.05) is 22.6 Å². The number of hydrogen-bond acceptors (Lipinski definition) is 4. The van der Waals surface area contributed by atoms with Crippen LogP contribution in [0.5, 0.6) is 0 Å². The van der Waals surface area contributed by atoms with E-state index in [0.717, 1.165) is 22.5 Å². The molecule has 0 fully saturated rings. The minimum atomic E-state index is -0.294. The van der Waals surface area contributed by atoms with Crippen molar-refractivity contribution in [1.29, 1.82) is 0 Å². The SMILES string of the molecule is Cc1ccc(NC(=O)c2ccnc(Nc3cccc(Cl)c3C)n2)cc1. The Balaban J connectivity index is 1.77. The van der Waals surface area contributed by atoms with Crippen LogP contribution >= 0.6 is 11.6 Å². The monoisotopic (exact) mass is 352 g/mol. The Hall–Kier alpha value is -2.92. The van der Waals surface area contributed by atoms with Crippen LogP contribution in [0.3, 0.4) is 0 Å². The fourth-order valence-corrected chi connectivity index (χ4v) is 2.42. The van der Waals surface area contributed by atoms with E-state index >= 15 is 0 Å². The molecule has 2 N–H and O–H groups in total. The number of nitrogens with one attached hydrogen (secondary N) is 2. The number of rotatable bonds is 4. The van der Waals surface area contributed by atoms with Gasteiger partial charge in [-0.1, -0.05) is 35.4 Å². The van der Waals surface area contributed by atoms with Gasteiger partial charge in [0.05, 0.1) is 0 Å². The maximum absolute atomic E-state index is 12.4. The van der Waals surface area contributed by atoms with E-state index in [0.29, 0.717) is 11.0 Å². The van der Waals surface area contributed by atoms with Crippen molar-refractivity contribution in [1.82, 2.24) is 9.97 Å². The van der Waals surface area contributed by atoms with Crippen molar-refractivity contribution in [3.63, 3.8) is 0 Å². The summed E-state index contributed by atoms with van der Waals surface area (Å²) in [6, 6.07) is 14.7. The number of aryl methyl sites for hydroxylation is 1. The van der Waals surface area contributed by atoms with Gasteiger partial charge in [-0.15, -0.1) is 0 Å². The second-order valence-electron chi connectivity index (χ2n) is 5.62. The average Bonchev–Trinajstić information content (AvgIpc) is 2.61. The molecule has 1 aromatic heterocycles. The number of benzene rings is 2. The summed E-state index contributed by atoms with van der Waals surface area (Å²) in [6.07, 6.45) is 1.54. The molecule has 0 saturated carbocycles. The first-order valence-electron chi connectivity index (χ1n) is 7.76. The molecular weight excluding hydrogens is 336 g/mol. The van der Waals surface area contributed by atoms with Gasteiger partial charge < -0.3 is 10.6 Å². The summed E-state index contributed by atoms with van der Waals surface area (Å²) in [4.78, 5) is 20.8. The third-order valence-electron chi connectivity index (χ3n) is 3.71. The Kier molecular flexibility index (Phi) is 4.95. The van der Waals surface area contributed by atoms with E-state index in [1.165, 1.54) is 0 Å². The molecule has 126 valence electrons. The molecule has 0 aliphatic carbocycles. The zero-order chi connectivity index (χ0) is 17.8. The molecule has 0 bridgehead atoms. The number of nitrogens with zero attached hydrogens (tertiary/aromatic N) is 2. The lowest BCUT2D eigenvalue weighted by atomic mass is 10.2. The fourth-order valence-electron chi connectivity index (χ4n) is 2.24. The summed E-state index contributed by atoms with van der Waals surface area (Å²) in [5, 5.41) is 6.56. The summed E-state index contributed by atoms with van der Waals surface area (Å²) in [6.45, 7) is 3.89. The molecule has 0 spiro atoms. The number of amides is 1. The standard InChI is InChI=1S/C19H17ClN4O/c1-12-6-8-14(9-7-12)22-18(25)17-10-11-21-19(24-17)23-16-5-3-4-15(20)13(16)2/h3-11H,1-2H3,(H,22,25)(H,21,23,24). The van der Waals surface area contributed by atoms with E-state index in [9.17, 15) is 4.79 Å². The highest BCUT2D eigenvalue weighted by Crippen LogP contribution is 2.24. The Bertz CT molecular complexity index is 910. The largest absolute Gasteiger partial charge is 0.324 e. The lowest BCUT2D eigenvalue weighted by Gasteiger charge is -2.10. The van der Waals surface area contributed by atoms with Crippen LogP contribution in [-0.4, -0.2) is 15.9 Å². The van der Waals surface area contributed by atoms with Crippen LogP contribution in [0.15, 0.2) is 54.7 Å². The second-order valence-corrected chi connectivity index (χ2v) is 6.03. The molecule has 6 heteroatoms. The number of halogens is 1. The Morgan fingerprint density at radius 3 is 2.56 bits per heavy atom. The van der Waals surface area contributed by atoms with Gasteiger partial charge in [-0.25, -0.2) is 9.97 Å². The topological polar surface area (TPSA) is 66.9 Å². The first kappa shape index (κ1) is 16.9. The summed E-state index contributed by atoms with van der Waals surface area (Å²) in [5.41, 5.74) is 3.81. The van der Waals surface area contributed by atoms with Crippen LogP contribution in [-0.2, 0) is 0 Å². The predicted molar refractivity (Wildman–Crippen MR) is 101 cm³/mol. The maximum Gasteiger partial charge on any atom is 0.274 e. The van der Waals surface area contributed by atoms with Gasteiger partial charge in [0.1, 0.15) is 5.69 Å². The van der Waals surface area contributed by atoms with Gasteiger partial charge in [-0.05, 0) is 49.7 Å². The molecule has 1 heterocycles. The summed E-state index contributed by atoms with van der Waals surface area (Å²) < 4.78 is 0. The van der Waals surface area contributed by atoms with Crippen molar-refractivity contribution >= 4 is 34.8 Å². The van der Waals surface area contributed by atoms with Gasteiger partial charge in [0.15, 0.2) is 0 Å². The lowest BCUT2D eigenvalue weighted by molar-refractivity contribution is 0.102. The van der Waals surface area contributed by atoms with Gasteiger partial charge in [-0.3, -0.25) is 4.79 Å². The fraction of sp³-hybridized carbons (Fsp3) is 0.105. The number of hydrogen-bond donors (Lipinski definition) is 2. The van der Waals surface area contributed by atoms with Crippen molar-refractivity contribution in [2.24, 2.45) is 0 Å². The molecule has 0 radical (unpaired) electrons. The number of aromatic nitrogens is 2. The number of carbonyl (C=O) groups is 1. The predicted octanol–water partition coefficient (Wildman–Crippen LogP) is 4.74. The Morgan fingerprint density at radius 1 is 1.04 bits per heavy atom. The van der Waals surface area contributed by atoms with E-state index in [1.54, 1.807) is 12.3 Å². The molecule has 2 aromatic carbocycles. The molecule has 5 nitrogen and oxygen atoms in total. The molecule has 1 amide bonds. The van der Waals surface area contributed by atoms with Gasteiger partial charge in [-0.2, -0.15) is 0 Å². The van der Waals surface area contributed by atoms with E-state index in [1.807, 2.05) is 56.3 Å². The van der Waals surface area contributed by atoms with Crippen molar-refractivity contribution in [2.75, 3.05) is 10.6 Å². The third-order valence-corrected chi connectivity index (χ3v) is 4.12. The summed E-state index contributed by atoms with van der Waals surface area (Å²) in [5.74, 6) is 0.0408. The van der Waals surface area contributed by atoms with Crippen molar-refractivity contribution in [3.8, 4) is 0 Å². The lowest BCUT2D eigenvalue weighted by Crippen LogP contribution is -2.14. The maximum atomic E-state index is 12.4. The van der Waals surface area contributed by atoms with Crippen molar-refractivity contribution < 1.29 is 4.79 Å². The van der Waals surface area contributed by atoms with Gasteiger partial charge >= 0.3 is 0 Å². The molecule has 0 aliphatic heterocycles. The summed E-state index contributed by atoms with van der Waals surface area (Å²) >= 11 is 6.12. The highest BCUT2D eigenvalue weighted by Gasteiger charge is 2.10. The van der Waals surface area contributed by atoms with Gasteiger partial charge in [0.25, 0.3) is 5.91 Å². The molecular formula is C19H17ClN4O. The van der Waals surface area contributed by atoms with Crippen LogP contribution in [0, 0.1) is 13.8 Å². The van der Waals surface area contributed by atoms with Crippen molar-refractivity contribution in [2.45, 2.75) is 13.8 Å². The van der Waals surface area contributed by atoms with Crippen LogP contribution in [0.4, 0.5) is 17.3 Å². The van der Waals surface area contributed by atoms with Gasteiger partial charge in [0.2, 0.25) is 5.95 Å². The first-order valence-corrected chi connectivity index (χ1v) is 8.14. The Morgan fingerprint density at radius 2 is 1.80 bits per heavy atom. The normalized spacial score (nSPS) is 10.4. The van der Waals surface area contributed by atoms with Crippen LogP contribution in [0.1, 0.15) is 21.6 Å². The van der Waals surface area contributed by atoms with Crippen LogP contribution in [0.2, 0.25) is 5.02 Å². The molecule has 3 aromatic rings. The molecule has 25 heavy (non-hydrogen) atoms. The smallest absolute Gasteiger partial charge is 0.274 e. The minimum Gasteiger partial charge on any atom is -0.324 e. The highest BCUT2D eigenvalue weighted by atomic mass is 35.5. The zero-order valence-electron chi connectivity index (χ0n) is 13.9. The Labute approximate surface area is 151 Å². The molecule has 0 unspecified atom stereocenters. The number of anilines is 3. The molecule has 0 aliphatic rings. The number of carbonyl (C=O) groups excluding carboxylic acids is 1. The van der Waals surface area contributed by atoms with E-state index in [2.05, 4.69) is 20.6 Å². The molecule has 0 atom stereocenters. The van der Waals surface area contributed by atoms with Crippen molar-refractivity contribution in [3.05, 3.63) is 76.6 Å². The van der Waals surface area contributed by atoms with Crippen LogP contribution < -0.4 is 10.6 Å². The molecule has 0 saturated heterocycles. The first-order chi connectivity index (χ1) is 12.0. The average molecular weight is 353 g/mol. The van der Waals surface area contributed by atoms with E-state index in [4.69, 9.17) is 11.6 Å². The molecule has 3 rings (SSSR count). The third kappa shape index (κ3) is 4.14. The van der Waals surface area contributed by atoms with Crippen LogP contribution in [0.25, 0.3) is 0 Å². The highest BCUT2D eigenvalue weighted by molar-refractivity contribution is 6.31. The summed E-state index contributed by atoms with van der Waals surface area (Å²) in [7, 11) is 0.